The Kier molecular flexibility index (Phi) is 5.36. The van der Waals surface area contributed by atoms with Crippen LogP contribution in [0.5, 0.6) is 5.75 Å². The van der Waals surface area contributed by atoms with E-state index in [4.69, 9.17) is 10.5 Å². The molecule has 0 radical (unpaired) electrons. The van der Waals surface area contributed by atoms with Gasteiger partial charge in [0.25, 0.3) is 0 Å². The molecule has 0 fully saturated rings. The van der Waals surface area contributed by atoms with Crippen molar-refractivity contribution in [1.82, 2.24) is 9.55 Å². The molecule has 2 N–H and O–H groups in total. The van der Waals surface area contributed by atoms with Gasteiger partial charge in [0.05, 0.1) is 12.8 Å². The van der Waals surface area contributed by atoms with Gasteiger partial charge < -0.3 is 15.0 Å². The number of ether oxygens (including phenoxy) is 1. The van der Waals surface area contributed by atoms with E-state index in [1.807, 2.05) is 23.7 Å². The zero-order chi connectivity index (χ0) is 22.4. The molecule has 164 valence electrons. The summed E-state index contributed by atoms with van der Waals surface area (Å²) in [6.45, 7) is 9.51. The Morgan fingerprint density at radius 3 is 2.23 bits per heavy atom. The first-order valence-electron chi connectivity index (χ1n) is 11.2. The van der Waals surface area contributed by atoms with Crippen molar-refractivity contribution in [2.45, 2.75) is 63.7 Å². The molecule has 0 saturated carbocycles. The quantitative estimate of drug-likeness (QED) is 0.576. The highest BCUT2D eigenvalue weighted by atomic mass is 16.5. The first kappa shape index (κ1) is 21.5. The predicted octanol–water partition coefficient (Wildman–Crippen LogP) is 5.73. The molecule has 3 aromatic rings. The highest BCUT2D eigenvalue weighted by Crippen LogP contribution is 2.46. The topological polar surface area (TPSA) is 53.1 Å². The Morgan fingerprint density at radius 2 is 1.65 bits per heavy atom. The summed E-state index contributed by atoms with van der Waals surface area (Å²) >= 11 is 0. The van der Waals surface area contributed by atoms with Crippen LogP contribution in [0.25, 0.3) is 0 Å². The molecule has 0 saturated heterocycles. The van der Waals surface area contributed by atoms with Gasteiger partial charge in [0.2, 0.25) is 0 Å². The average molecular weight is 418 g/mol. The smallest absolute Gasteiger partial charge is 0.200 e. The SMILES string of the molecule is COc1ccc(C(Cc2ccc3c(c2)C(C)(C)CCC3(C)C)c2cn(C)c(N)n2)cc1. The van der Waals surface area contributed by atoms with Crippen LogP contribution in [0.2, 0.25) is 0 Å². The zero-order valence-corrected chi connectivity index (χ0v) is 19.7. The van der Waals surface area contributed by atoms with Gasteiger partial charge in [0.15, 0.2) is 5.95 Å². The monoisotopic (exact) mass is 417 g/mol. The highest BCUT2D eigenvalue weighted by molar-refractivity contribution is 5.45. The molecule has 1 unspecified atom stereocenters. The van der Waals surface area contributed by atoms with Crippen LogP contribution < -0.4 is 10.5 Å². The lowest BCUT2D eigenvalue weighted by atomic mass is 9.63. The summed E-state index contributed by atoms with van der Waals surface area (Å²) in [5.74, 6) is 1.54. The van der Waals surface area contributed by atoms with E-state index in [9.17, 15) is 0 Å². The minimum absolute atomic E-state index is 0.132. The van der Waals surface area contributed by atoms with Gasteiger partial charge in [0, 0.05) is 19.2 Å². The maximum absolute atomic E-state index is 6.08. The largest absolute Gasteiger partial charge is 0.497 e. The number of nitrogens with two attached hydrogens (primary N) is 1. The molecule has 1 aliphatic carbocycles. The van der Waals surface area contributed by atoms with Crippen molar-refractivity contribution in [3.05, 3.63) is 76.6 Å². The van der Waals surface area contributed by atoms with Gasteiger partial charge in [-0.15, -0.1) is 0 Å². The molecule has 1 atom stereocenters. The second-order valence-electron chi connectivity index (χ2n) is 10.3. The number of benzene rings is 2. The Balaban J connectivity index is 1.75. The summed E-state index contributed by atoms with van der Waals surface area (Å²) in [5, 5.41) is 0. The first-order valence-corrected chi connectivity index (χ1v) is 11.2. The summed E-state index contributed by atoms with van der Waals surface area (Å²) in [6, 6.07) is 15.4. The van der Waals surface area contributed by atoms with E-state index >= 15 is 0 Å². The molecule has 4 heteroatoms. The maximum atomic E-state index is 6.08. The second kappa shape index (κ2) is 7.74. The predicted molar refractivity (Wildman–Crippen MR) is 128 cm³/mol. The van der Waals surface area contributed by atoms with Crippen LogP contribution in [0.3, 0.4) is 0 Å². The Hall–Kier alpha value is -2.75. The van der Waals surface area contributed by atoms with E-state index in [2.05, 4.69) is 69.2 Å². The number of nitrogens with zero attached hydrogens (tertiary/aromatic N) is 2. The third-order valence-electron chi connectivity index (χ3n) is 7.16. The van der Waals surface area contributed by atoms with Crippen molar-refractivity contribution < 1.29 is 4.74 Å². The van der Waals surface area contributed by atoms with Crippen LogP contribution in [0.1, 0.15) is 74.4 Å². The van der Waals surface area contributed by atoms with Gasteiger partial charge in [-0.1, -0.05) is 58.0 Å². The van der Waals surface area contributed by atoms with Crippen molar-refractivity contribution in [2.75, 3.05) is 12.8 Å². The van der Waals surface area contributed by atoms with Gasteiger partial charge in [0.1, 0.15) is 5.75 Å². The lowest BCUT2D eigenvalue weighted by Crippen LogP contribution is -2.33. The van der Waals surface area contributed by atoms with E-state index in [1.54, 1.807) is 7.11 Å². The highest BCUT2D eigenvalue weighted by Gasteiger charge is 2.37. The summed E-state index contributed by atoms with van der Waals surface area (Å²) < 4.78 is 7.25. The lowest BCUT2D eigenvalue weighted by Gasteiger charge is -2.42. The summed E-state index contributed by atoms with van der Waals surface area (Å²) in [5.41, 5.74) is 13.1. The number of imidazole rings is 1. The molecule has 31 heavy (non-hydrogen) atoms. The van der Waals surface area contributed by atoms with Crippen LogP contribution in [0.15, 0.2) is 48.7 Å². The number of fused-ring (bicyclic) bond motifs is 1. The summed E-state index contributed by atoms with van der Waals surface area (Å²) in [6.07, 6.45) is 5.38. The molecular weight excluding hydrogens is 382 g/mol. The molecule has 0 spiro atoms. The average Bonchev–Trinajstić information content (AvgIpc) is 3.08. The molecular formula is C27H35N3O. The maximum Gasteiger partial charge on any atom is 0.200 e. The number of anilines is 1. The van der Waals surface area contributed by atoms with Gasteiger partial charge in [-0.05, 0) is 64.5 Å². The molecule has 0 amide bonds. The molecule has 0 bridgehead atoms. The van der Waals surface area contributed by atoms with Gasteiger partial charge in [-0.2, -0.15) is 0 Å². The number of hydrogen-bond acceptors (Lipinski definition) is 3. The molecule has 1 aromatic heterocycles. The third-order valence-corrected chi connectivity index (χ3v) is 7.16. The summed E-state index contributed by atoms with van der Waals surface area (Å²) in [7, 11) is 3.64. The molecule has 0 aliphatic heterocycles. The number of rotatable bonds is 5. The van der Waals surface area contributed by atoms with Crippen LogP contribution in [-0.2, 0) is 24.3 Å². The molecule has 4 nitrogen and oxygen atoms in total. The Bertz CT molecular complexity index is 1060. The van der Waals surface area contributed by atoms with Gasteiger partial charge in [-0.3, -0.25) is 0 Å². The van der Waals surface area contributed by atoms with Crippen molar-refractivity contribution in [3.8, 4) is 5.75 Å². The Morgan fingerprint density at radius 1 is 1.00 bits per heavy atom. The molecule has 2 aromatic carbocycles. The van der Waals surface area contributed by atoms with Gasteiger partial charge in [-0.25, -0.2) is 4.98 Å². The molecule has 4 rings (SSSR count). The van der Waals surface area contributed by atoms with Crippen molar-refractivity contribution in [1.29, 1.82) is 0 Å². The normalized spacial score (nSPS) is 17.7. The fraction of sp³-hybridized carbons (Fsp3) is 0.444. The number of nitrogen functional groups attached to an aromatic ring is 1. The lowest BCUT2D eigenvalue weighted by molar-refractivity contribution is 0.331. The van der Waals surface area contributed by atoms with Crippen LogP contribution in [0, 0.1) is 0 Å². The second-order valence-corrected chi connectivity index (χ2v) is 10.3. The number of methoxy groups -OCH3 is 1. The van der Waals surface area contributed by atoms with Crippen molar-refractivity contribution in [2.24, 2.45) is 7.05 Å². The number of aryl methyl sites for hydroxylation is 1. The van der Waals surface area contributed by atoms with Crippen molar-refractivity contribution in [3.63, 3.8) is 0 Å². The molecule has 1 aliphatic rings. The first-order chi connectivity index (χ1) is 14.6. The number of aromatic nitrogens is 2. The summed E-state index contributed by atoms with van der Waals surface area (Å²) in [4.78, 5) is 4.67. The fourth-order valence-electron chi connectivity index (χ4n) is 4.90. The fourth-order valence-corrected chi connectivity index (χ4v) is 4.90. The van der Waals surface area contributed by atoms with Crippen LogP contribution >= 0.6 is 0 Å². The minimum atomic E-state index is 0.132. The van der Waals surface area contributed by atoms with E-state index in [0.29, 0.717) is 5.95 Å². The molecule has 1 heterocycles. The standard InChI is InChI=1S/C27H35N3O/c1-26(2)13-14-27(3,4)23-16-18(7-12-22(23)26)15-21(24-17-30(5)25(28)29-24)19-8-10-20(31-6)11-9-19/h7-12,16-17,21H,13-15H2,1-6H3,(H2,28,29). The third kappa shape index (κ3) is 4.08. The van der Waals surface area contributed by atoms with Crippen LogP contribution in [-0.4, -0.2) is 16.7 Å². The zero-order valence-electron chi connectivity index (χ0n) is 19.7. The van der Waals surface area contributed by atoms with Crippen LogP contribution in [0.4, 0.5) is 5.95 Å². The van der Waals surface area contributed by atoms with Gasteiger partial charge >= 0.3 is 0 Å². The minimum Gasteiger partial charge on any atom is -0.497 e. The van der Waals surface area contributed by atoms with E-state index in [1.165, 1.54) is 35.1 Å². The van der Waals surface area contributed by atoms with E-state index in [-0.39, 0.29) is 16.7 Å². The van der Waals surface area contributed by atoms with E-state index < -0.39 is 0 Å². The van der Waals surface area contributed by atoms with E-state index in [0.717, 1.165) is 17.9 Å². The van der Waals surface area contributed by atoms with Crippen molar-refractivity contribution >= 4 is 5.95 Å². The number of hydrogen-bond donors (Lipinski definition) is 1. The Labute approximate surface area is 186 Å².